The first kappa shape index (κ1) is 12.9. The minimum Gasteiger partial charge on any atom is -0.493 e. The Hall–Kier alpha value is -0.500. The Morgan fingerprint density at radius 1 is 1.35 bits per heavy atom. The van der Waals surface area contributed by atoms with Gasteiger partial charge in [0.1, 0.15) is 5.75 Å². The zero-order valence-electron chi connectivity index (χ0n) is 10.5. The molecule has 0 aromatic heterocycles. The fraction of sp³-hybridized carbons (Fsp3) is 0.600. The summed E-state index contributed by atoms with van der Waals surface area (Å²) in [6.45, 7) is 2.96. The van der Waals surface area contributed by atoms with Gasteiger partial charge >= 0.3 is 0 Å². The largest absolute Gasteiger partial charge is 0.493 e. The van der Waals surface area contributed by atoms with Crippen LogP contribution < -0.4 is 4.74 Å². The summed E-state index contributed by atoms with van der Waals surface area (Å²) in [5.41, 5.74) is 1.35. The molecule has 0 radical (unpaired) electrons. The zero-order valence-corrected chi connectivity index (χ0v) is 12.1. The number of hydrogen-bond acceptors (Lipinski definition) is 1. The average Bonchev–Trinajstić information content (AvgIpc) is 3.18. The third-order valence-electron chi connectivity index (χ3n) is 3.26. The van der Waals surface area contributed by atoms with Gasteiger partial charge in [0, 0.05) is 4.83 Å². The van der Waals surface area contributed by atoms with Crippen molar-refractivity contribution in [2.45, 2.75) is 43.9 Å². The van der Waals surface area contributed by atoms with Crippen LogP contribution in [0.4, 0.5) is 0 Å². The van der Waals surface area contributed by atoms with Crippen LogP contribution in [0.15, 0.2) is 24.3 Å². The number of benzene rings is 1. The quantitative estimate of drug-likeness (QED) is 0.669. The Morgan fingerprint density at radius 2 is 2.12 bits per heavy atom. The molecule has 1 aliphatic rings. The maximum absolute atomic E-state index is 5.78. The monoisotopic (exact) mass is 296 g/mol. The van der Waals surface area contributed by atoms with Gasteiger partial charge in [0.15, 0.2) is 0 Å². The summed E-state index contributed by atoms with van der Waals surface area (Å²) in [7, 11) is 0. The van der Waals surface area contributed by atoms with Crippen LogP contribution >= 0.6 is 15.9 Å². The predicted molar refractivity (Wildman–Crippen MR) is 76.0 cm³/mol. The third-order valence-corrected chi connectivity index (χ3v) is 4.46. The van der Waals surface area contributed by atoms with E-state index in [0.29, 0.717) is 4.83 Å². The average molecular weight is 297 g/mol. The van der Waals surface area contributed by atoms with Gasteiger partial charge in [-0.2, -0.15) is 0 Å². The molecule has 0 amide bonds. The summed E-state index contributed by atoms with van der Waals surface area (Å²) >= 11 is 3.80. The molecule has 2 heteroatoms. The molecule has 0 spiro atoms. The van der Waals surface area contributed by atoms with Crippen molar-refractivity contribution in [1.82, 2.24) is 0 Å². The maximum Gasteiger partial charge on any atom is 0.122 e. The topological polar surface area (TPSA) is 9.23 Å². The molecule has 1 aromatic carbocycles. The van der Waals surface area contributed by atoms with E-state index >= 15 is 0 Å². The molecule has 1 atom stereocenters. The summed E-state index contributed by atoms with van der Waals surface area (Å²) in [4.78, 5) is 0.696. The molecule has 0 bridgehead atoms. The van der Waals surface area contributed by atoms with E-state index in [2.05, 4.69) is 47.1 Å². The predicted octanol–water partition coefficient (Wildman–Crippen LogP) is 4.58. The summed E-state index contributed by atoms with van der Waals surface area (Å²) in [6, 6.07) is 8.44. The first-order chi connectivity index (χ1) is 8.31. The van der Waals surface area contributed by atoms with Gasteiger partial charge in [-0.15, -0.1) is 0 Å². The Balaban J connectivity index is 1.89. The van der Waals surface area contributed by atoms with Crippen molar-refractivity contribution in [2.75, 3.05) is 6.61 Å². The summed E-state index contributed by atoms with van der Waals surface area (Å²) < 4.78 is 5.78. The van der Waals surface area contributed by atoms with Gasteiger partial charge in [0.25, 0.3) is 0 Å². The molecule has 1 aromatic rings. The molecule has 1 aliphatic carbocycles. The van der Waals surface area contributed by atoms with E-state index in [1.807, 2.05) is 0 Å². The Labute approximate surface area is 113 Å². The molecular weight excluding hydrogens is 276 g/mol. The lowest BCUT2D eigenvalue weighted by molar-refractivity contribution is 0.314. The molecule has 17 heavy (non-hydrogen) atoms. The molecule has 1 fully saturated rings. The fourth-order valence-corrected chi connectivity index (χ4v) is 2.81. The highest BCUT2D eigenvalue weighted by Crippen LogP contribution is 2.39. The highest BCUT2D eigenvalue weighted by molar-refractivity contribution is 9.09. The molecule has 1 unspecified atom stereocenters. The molecular formula is C15H21BrO. The van der Waals surface area contributed by atoms with Crippen molar-refractivity contribution in [3.8, 4) is 5.75 Å². The smallest absolute Gasteiger partial charge is 0.122 e. The Kier molecular flexibility index (Phi) is 4.90. The second-order valence-corrected chi connectivity index (χ2v) is 6.02. The Morgan fingerprint density at radius 3 is 2.82 bits per heavy atom. The van der Waals surface area contributed by atoms with E-state index in [1.54, 1.807) is 0 Å². The molecule has 1 saturated carbocycles. The van der Waals surface area contributed by atoms with Crippen LogP contribution in [0.1, 0.15) is 38.2 Å². The lowest BCUT2D eigenvalue weighted by Gasteiger charge is -2.12. The number of halogens is 1. The van der Waals surface area contributed by atoms with Crippen molar-refractivity contribution in [2.24, 2.45) is 5.92 Å². The van der Waals surface area contributed by atoms with Crippen molar-refractivity contribution < 1.29 is 4.74 Å². The number of para-hydroxylation sites is 1. The highest BCUT2D eigenvalue weighted by atomic mass is 79.9. The third kappa shape index (κ3) is 4.02. The van der Waals surface area contributed by atoms with Crippen molar-refractivity contribution in [1.29, 1.82) is 0 Å². The first-order valence-corrected chi connectivity index (χ1v) is 7.57. The van der Waals surface area contributed by atoms with Crippen LogP contribution in [-0.4, -0.2) is 11.4 Å². The first-order valence-electron chi connectivity index (χ1n) is 6.66. The lowest BCUT2D eigenvalue weighted by atomic mass is 10.1. The Bertz CT molecular complexity index is 347. The van der Waals surface area contributed by atoms with Crippen LogP contribution in [-0.2, 0) is 6.42 Å². The standard InChI is InChI=1S/C15H21BrO/c1-2-11-17-15-6-4-3-5-13(15)9-10-14(16)12-7-8-12/h3-6,12,14H,2,7-11H2,1H3. The second kappa shape index (κ2) is 6.44. The summed E-state index contributed by atoms with van der Waals surface area (Å²) in [5, 5.41) is 0. The lowest BCUT2D eigenvalue weighted by Crippen LogP contribution is -2.04. The zero-order chi connectivity index (χ0) is 12.1. The van der Waals surface area contributed by atoms with Crippen LogP contribution in [0.2, 0.25) is 0 Å². The van der Waals surface area contributed by atoms with Gasteiger partial charge in [-0.3, -0.25) is 0 Å². The van der Waals surface area contributed by atoms with Crippen LogP contribution in [0.3, 0.4) is 0 Å². The molecule has 0 N–H and O–H groups in total. The van der Waals surface area contributed by atoms with E-state index in [-0.39, 0.29) is 0 Å². The number of alkyl halides is 1. The summed E-state index contributed by atoms with van der Waals surface area (Å²) in [6.07, 6.45) is 6.22. The van der Waals surface area contributed by atoms with E-state index < -0.39 is 0 Å². The van der Waals surface area contributed by atoms with Crippen molar-refractivity contribution in [3.63, 3.8) is 0 Å². The normalized spacial score (nSPS) is 16.8. The van der Waals surface area contributed by atoms with Crippen LogP contribution in [0, 0.1) is 5.92 Å². The fourth-order valence-electron chi connectivity index (χ4n) is 2.05. The molecule has 1 nitrogen and oxygen atoms in total. The minimum absolute atomic E-state index is 0.696. The van der Waals surface area contributed by atoms with Gasteiger partial charge in [0.05, 0.1) is 6.61 Å². The molecule has 2 rings (SSSR count). The number of aryl methyl sites for hydroxylation is 1. The van der Waals surface area contributed by atoms with E-state index in [0.717, 1.165) is 31.1 Å². The number of hydrogen-bond donors (Lipinski definition) is 0. The van der Waals surface area contributed by atoms with Gasteiger partial charge in [-0.05, 0) is 49.7 Å². The number of ether oxygens (including phenoxy) is 1. The molecule has 94 valence electrons. The maximum atomic E-state index is 5.78. The van der Waals surface area contributed by atoms with Gasteiger partial charge in [-0.25, -0.2) is 0 Å². The molecule has 0 heterocycles. The van der Waals surface area contributed by atoms with Crippen molar-refractivity contribution in [3.05, 3.63) is 29.8 Å². The van der Waals surface area contributed by atoms with Crippen molar-refractivity contribution >= 4 is 15.9 Å². The van der Waals surface area contributed by atoms with Gasteiger partial charge in [-0.1, -0.05) is 41.1 Å². The summed E-state index contributed by atoms with van der Waals surface area (Å²) in [5.74, 6) is 2.00. The molecule has 0 saturated heterocycles. The van der Waals surface area contributed by atoms with Gasteiger partial charge < -0.3 is 4.74 Å². The van der Waals surface area contributed by atoms with E-state index in [4.69, 9.17) is 4.74 Å². The number of rotatable bonds is 7. The molecule has 0 aliphatic heterocycles. The van der Waals surface area contributed by atoms with E-state index in [9.17, 15) is 0 Å². The highest BCUT2D eigenvalue weighted by Gasteiger charge is 2.28. The minimum atomic E-state index is 0.696. The van der Waals surface area contributed by atoms with Crippen LogP contribution in [0.5, 0.6) is 5.75 Å². The van der Waals surface area contributed by atoms with Gasteiger partial charge in [0.2, 0.25) is 0 Å². The van der Waals surface area contributed by atoms with E-state index in [1.165, 1.54) is 24.8 Å². The van der Waals surface area contributed by atoms with Crippen LogP contribution in [0.25, 0.3) is 0 Å². The SMILES string of the molecule is CCCOc1ccccc1CCC(Br)C1CC1. The second-order valence-electron chi connectivity index (χ2n) is 4.85.